The molecule has 1 saturated carbocycles. The summed E-state index contributed by atoms with van der Waals surface area (Å²) in [6.07, 6.45) is 7.57. The molecule has 26 heavy (non-hydrogen) atoms. The highest BCUT2D eigenvalue weighted by Gasteiger charge is 2.45. The van der Waals surface area contributed by atoms with E-state index in [4.69, 9.17) is 0 Å². The molecular formula is C17H26N8O. The average molecular weight is 358 g/mol. The maximum absolute atomic E-state index is 10.1. The van der Waals surface area contributed by atoms with E-state index in [2.05, 4.69) is 49.3 Å². The zero-order valence-electron chi connectivity index (χ0n) is 15.3. The van der Waals surface area contributed by atoms with Crippen LogP contribution in [-0.2, 0) is 5.54 Å². The van der Waals surface area contributed by atoms with Crippen LogP contribution in [0.4, 0.5) is 11.6 Å². The minimum atomic E-state index is -0.312. The number of aliphatic hydroxyl groups is 1. The molecule has 1 saturated heterocycles. The SMILES string of the molecule is CN(C)C[C@H]1C[C@@H](O)CN1c1cc(NCC2(n3cncn3)CC2)ncn1. The van der Waals surface area contributed by atoms with Crippen LogP contribution in [0.1, 0.15) is 19.3 Å². The standard InChI is InChI=1S/C17H26N8O/c1-23(2)7-13-5-14(26)8-24(13)16-6-15(20-11-21-16)19-9-17(3-4-17)25-12-18-10-22-25/h6,10-14,26H,3-5,7-9H2,1-2H3,(H,19,20,21)/t13-,14-/m1/s1. The highest BCUT2D eigenvalue weighted by Crippen LogP contribution is 2.42. The molecule has 2 atom stereocenters. The summed E-state index contributed by atoms with van der Waals surface area (Å²) >= 11 is 0. The van der Waals surface area contributed by atoms with E-state index in [0.717, 1.165) is 44.0 Å². The maximum atomic E-state index is 10.1. The molecule has 2 aromatic rings. The fraction of sp³-hybridized carbons (Fsp3) is 0.647. The summed E-state index contributed by atoms with van der Waals surface area (Å²) in [7, 11) is 4.10. The number of aliphatic hydroxyl groups excluding tert-OH is 1. The number of rotatable bonds is 7. The monoisotopic (exact) mass is 358 g/mol. The summed E-state index contributed by atoms with van der Waals surface area (Å²) in [4.78, 5) is 17.2. The summed E-state index contributed by atoms with van der Waals surface area (Å²) in [6.45, 7) is 2.26. The van der Waals surface area contributed by atoms with Crippen molar-refractivity contribution in [2.75, 3.05) is 43.9 Å². The van der Waals surface area contributed by atoms with E-state index in [1.54, 1.807) is 19.0 Å². The number of aromatic nitrogens is 5. The zero-order valence-corrected chi connectivity index (χ0v) is 15.3. The molecule has 0 radical (unpaired) electrons. The second kappa shape index (κ2) is 6.81. The lowest BCUT2D eigenvalue weighted by Gasteiger charge is -2.28. The van der Waals surface area contributed by atoms with Crippen LogP contribution in [-0.4, -0.2) is 80.6 Å². The molecule has 0 spiro atoms. The fourth-order valence-corrected chi connectivity index (χ4v) is 3.71. The first-order valence-corrected chi connectivity index (χ1v) is 9.06. The van der Waals surface area contributed by atoms with Crippen molar-refractivity contribution in [3.8, 4) is 0 Å². The lowest BCUT2D eigenvalue weighted by molar-refractivity contribution is 0.191. The molecule has 9 heteroatoms. The molecule has 2 aromatic heterocycles. The first-order valence-electron chi connectivity index (χ1n) is 9.06. The Morgan fingerprint density at radius 2 is 2.15 bits per heavy atom. The van der Waals surface area contributed by atoms with Gasteiger partial charge in [0.2, 0.25) is 0 Å². The van der Waals surface area contributed by atoms with Gasteiger partial charge in [-0.2, -0.15) is 5.10 Å². The van der Waals surface area contributed by atoms with Gasteiger partial charge < -0.3 is 20.2 Å². The number of hydrogen-bond acceptors (Lipinski definition) is 8. The quantitative estimate of drug-likeness (QED) is 0.723. The van der Waals surface area contributed by atoms with Gasteiger partial charge in [-0.15, -0.1) is 0 Å². The Morgan fingerprint density at radius 1 is 1.31 bits per heavy atom. The molecule has 0 unspecified atom stereocenters. The number of nitrogens with one attached hydrogen (secondary N) is 1. The fourth-order valence-electron chi connectivity index (χ4n) is 3.71. The molecule has 1 aliphatic carbocycles. The third-order valence-electron chi connectivity index (χ3n) is 5.25. The molecule has 4 rings (SSSR count). The molecule has 0 aromatic carbocycles. The second-order valence-electron chi connectivity index (χ2n) is 7.64. The van der Waals surface area contributed by atoms with Crippen molar-refractivity contribution >= 4 is 11.6 Å². The number of anilines is 2. The molecule has 2 aliphatic rings. The molecule has 9 nitrogen and oxygen atoms in total. The van der Waals surface area contributed by atoms with Crippen molar-refractivity contribution in [1.29, 1.82) is 0 Å². The van der Waals surface area contributed by atoms with E-state index >= 15 is 0 Å². The van der Waals surface area contributed by atoms with Gasteiger partial charge in [-0.05, 0) is 33.4 Å². The van der Waals surface area contributed by atoms with E-state index in [1.165, 1.54) is 0 Å². The van der Waals surface area contributed by atoms with Gasteiger partial charge in [0.05, 0.1) is 11.6 Å². The molecule has 2 fully saturated rings. The van der Waals surface area contributed by atoms with Crippen LogP contribution in [0.15, 0.2) is 25.0 Å². The summed E-state index contributed by atoms with van der Waals surface area (Å²) in [5, 5.41) is 17.8. The highest BCUT2D eigenvalue weighted by molar-refractivity contribution is 5.50. The average Bonchev–Trinajstić information content (AvgIpc) is 3.02. The molecule has 0 bridgehead atoms. The van der Waals surface area contributed by atoms with Gasteiger partial charge in [0, 0.05) is 31.7 Å². The first kappa shape index (κ1) is 17.2. The van der Waals surface area contributed by atoms with Gasteiger partial charge >= 0.3 is 0 Å². The van der Waals surface area contributed by atoms with Crippen molar-refractivity contribution in [3.63, 3.8) is 0 Å². The Balaban J connectivity index is 1.45. The van der Waals surface area contributed by atoms with Crippen LogP contribution in [0, 0.1) is 0 Å². The van der Waals surface area contributed by atoms with Crippen LogP contribution < -0.4 is 10.2 Å². The number of nitrogens with zero attached hydrogens (tertiary/aromatic N) is 7. The third-order valence-corrected chi connectivity index (χ3v) is 5.25. The topological polar surface area (TPSA) is 95.2 Å². The van der Waals surface area contributed by atoms with Crippen LogP contribution in [0.5, 0.6) is 0 Å². The third kappa shape index (κ3) is 3.49. The minimum Gasteiger partial charge on any atom is -0.391 e. The van der Waals surface area contributed by atoms with Gasteiger partial charge in [0.25, 0.3) is 0 Å². The minimum absolute atomic E-state index is 0.0128. The summed E-state index contributed by atoms with van der Waals surface area (Å²) < 4.78 is 1.94. The Kier molecular flexibility index (Phi) is 4.49. The van der Waals surface area contributed by atoms with Crippen molar-refractivity contribution in [3.05, 3.63) is 25.0 Å². The number of hydrogen-bond donors (Lipinski definition) is 2. The van der Waals surface area contributed by atoms with Crippen molar-refractivity contribution in [2.24, 2.45) is 0 Å². The molecule has 140 valence electrons. The van der Waals surface area contributed by atoms with Gasteiger partial charge in [-0.1, -0.05) is 0 Å². The number of β-amino-alcohol motifs (C(OH)–C–C–N with tert-alkyl or cyclic N) is 1. The van der Waals surface area contributed by atoms with Gasteiger partial charge in [0.15, 0.2) is 0 Å². The van der Waals surface area contributed by atoms with Crippen LogP contribution in [0.25, 0.3) is 0 Å². The van der Waals surface area contributed by atoms with Crippen molar-refractivity contribution in [2.45, 2.75) is 36.9 Å². The van der Waals surface area contributed by atoms with Crippen molar-refractivity contribution in [1.82, 2.24) is 29.6 Å². The lowest BCUT2D eigenvalue weighted by atomic mass is 10.2. The molecule has 1 aliphatic heterocycles. The lowest BCUT2D eigenvalue weighted by Crippen LogP contribution is -2.38. The van der Waals surface area contributed by atoms with Crippen LogP contribution in [0.2, 0.25) is 0 Å². The predicted octanol–water partition coefficient (Wildman–Crippen LogP) is 0.171. The van der Waals surface area contributed by atoms with E-state index in [0.29, 0.717) is 6.54 Å². The van der Waals surface area contributed by atoms with Crippen LogP contribution in [0.3, 0.4) is 0 Å². The van der Waals surface area contributed by atoms with E-state index in [-0.39, 0.29) is 17.7 Å². The van der Waals surface area contributed by atoms with E-state index in [1.807, 2.05) is 10.7 Å². The van der Waals surface area contributed by atoms with Gasteiger partial charge in [-0.25, -0.2) is 19.6 Å². The van der Waals surface area contributed by atoms with Gasteiger partial charge in [0.1, 0.15) is 30.6 Å². The maximum Gasteiger partial charge on any atom is 0.137 e. The highest BCUT2D eigenvalue weighted by atomic mass is 16.3. The normalized spacial score (nSPS) is 24.2. The molecule has 3 heterocycles. The Bertz CT molecular complexity index is 730. The summed E-state index contributed by atoms with van der Waals surface area (Å²) in [5.41, 5.74) is 0.0128. The zero-order chi connectivity index (χ0) is 18.1. The van der Waals surface area contributed by atoms with Crippen molar-refractivity contribution < 1.29 is 5.11 Å². The summed E-state index contributed by atoms with van der Waals surface area (Å²) in [6, 6.07) is 2.23. The Hall–Kier alpha value is -2.26. The molecule has 2 N–H and O–H groups in total. The molecule has 0 amide bonds. The van der Waals surface area contributed by atoms with Gasteiger partial charge in [-0.3, -0.25) is 0 Å². The Labute approximate surface area is 153 Å². The smallest absolute Gasteiger partial charge is 0.137 e. The van der Waals surface area contributed by atoms with E-state index < -0.39 is 0 Å². The van der Waals surface area contributed by atoms with E-state index in [9.17, 15) is 5.11 Å². The largest absolute Gasteiger partial charge is 0.391 e. The number of likely N-dealkylation sites (N-methyl/N-ethyl adjacent to an activating group) is 1. The molecular weight excluding hydrogens is 332 g/mol. The predicted molar refractivity (Wildman–Crippen MR) is 98.1 cm³/mol. The Morgan fingerprint density at radius 3 is 2.85 bits per heavy atom. The summed E-state index contributed by atoms with van der Waals surface area (Å²) in [5.74, 6) is 1.66. The second-order valence-corrected chi connectivity index (χ2v) is 7.64. The first-order chi connectivity index (χ1) is 12.6. The van der Waals surface area contributed by atoms with Crippen LogP contribution >= 0.6 is 0 Å².